The second-order valence-corrected chi connectivity index (χ2v) is 6.09. The number of hydrogen-bond acceptors (Lipinski definition) is 3. The molecule has 0 aliphatic heterocycles. The van der Waals surface area contributed by atoms with Crippen molar-refractivity contribution >= 4 is 27.7 Å². The van der Waals surface area contributed by atoms with Crippen molar-refractivity contribution in [3.05, 3.63) is 0 Å². The molecule has 0 bridgehead atoms. The summed E-state index contributed by atoms with van der Waals surface area (Å²) in [6.45, 7) is 3.63. The fourth-order valence-corrected chi connectivity index (χ4v) is 2.86. The molecule has 0 aromatic carbocycles. The lowest BCUT2D eigenvalue weighted by Crippen LogP contribution is -2.39. The highest BCUT2D eigenvalue weighted by molar-refractivity contribution is 9.09. The summed E-state index contributed by atoms with van der Waals surface area (Å²) in [7, 11) is 0. The van der Waals surface area contributed by atoms with E-state index in [0.29, 0.717) is 25.9 Å². The van der Waals surface area contributed by atoms with Crippen LogP contribution >= 0.6 is 15.9 Å². The van der Waals surface area contributed by atoms with E-state index in [1.54, 1.807) is 13.8 Å². The molecule has 5 heteroatoms. The number of carbonyl (C=O) groups is 2. The minimum absolute atomic E-state index is 0.0444. The van der Waals surface area contributed by atoms with Gasteiger partial charge in [-0.15, -0.1) is 0 Å². The number of alkyl halides is 2. The molecule has 0 aromatic rings. The van der Waals surface area contributed by atoms with E-state index in [1.807, 2.05) is 0 Å². The molecule has 0 heterocycles. The van der Waals surface area contributed by atoms with E-state index < -0.39 is 5.67 Å². The van der Waals surface area contributed by atoms with Gasteiger partial charge in [-0.1, -0.05) is 15.9 Å². The van der Waals surface area contributed by atoms with Crippen molar-refractivity contribution in [3.8, 4) is 0 Å². The summed E-state index contributed by atoms with van der Waals surface area (Å²) in [5.41, 5.74) is -1.24. The molecule has 3 unspecified atom stereocenters. The molecule has 0 aromatic heterocycles. The van der Waals surface area contributed by atoms with Crippen LogP contribution in [0.4, 0.5) is 4.39 Å². The van der Waals surface area contributed by atoms with Gasteiger partial charge < -0.3 is 4.74 Å². The van der Waals surface area contributed by atoms with Crippen LogP contribution in [-0.2, 0) is 14.3 Å². The van der Waals surface area contributed by atoms with Gasteiger partial charge in [0, 0.05) is 17.2 Å². The zero-order valence-corrected chi connectivity index (χ0v) is 12.5. The first kappa shape index (κ1) is 15.6. The fourth-order valence-electron chi connectivity index (χ4n) is 2.18. The minimum Gasteiger partial charge on any atom is -0.466 e. The third-order valence-electron chi connectivity index (χ3n) is 3.46. The van der Waals surface area contributed by atoms with Crippen molar-refractivity contribution in [2.24, 2.45) is 5.92 Å². The minimum atomic E-state index is -1.24. The monoisotopic (exact) mass is 322 g/mol. The maximum Gasteiger partial charge on any atom is 0.306 e. The molecule has 18 heavy (non-hydrogen) atoms. The molecule has 0 N–H and O–H groups in total. The van der Waals surface area contributed by atoms with Crippen LogP contribution < -0.4 is 0 Å². The van der Waals surface area contributed by atoms with Crippen molar-refractivity contribution < 1.29 is 18.7 Å². The fraction of sp³-hybridized carbons (Fsp3) is 0.846. The summed E-state index contributed by atoms with van der Waals surface area (Å²) in [5.74, 6) is -0.428. The molecule has 1 rings (SSSR count). The molecule has 1 aliphatic carbocycles. The normalized spacial score (nSPS) is 32.0. The van der Waals surface area contributed by atoms with Crippen molar-refractivity contribution in [1.29, 1.82) is 0 Å². The molecular weight excluding hydrogens is 303 g/mol. The van der Waals surface area contributed by atoms with Gasteiger partial charge in [-0.2, -0.15) is 0 Å². The van der Waals surface area contributed by atoms with Crippen LogP contribution in [0.2, 0.25) is 0 Å². The molecule has 0 amide bonds. The number of rotatable bonds is 5. The van der Waals surface area contributed by atoms with Gasteiger partial charge in [-0.25, -0.2) is 4.39 Å². The predicted molar refractivity (Wildman–Crippen MR) is 70.4 cm³/mol. The van der Waals surface area contributed by atoms with Crippen molar-refractivity contribution in [3.63, 3.8) is 0 Å². The Labute approximate surface area is 116 Å². The van der Waals surface area contributed by atoms with Gasteiger partial charge in [0.1, 0.15) is 11.5 Å². The quantitative estimate of drug-likeness (QED) is 0.576. The van der Waals surface area contributed by atoms with Crippen molar-refractivity contribution in [1.82, 2.24) is 0 Å². The van der Waals surface area contributed by atoms with E-state index in [0.717, 1.165) is 0 Å². The number of ether oxygens (including phenoxy) is 1. The van der Waals surface area contributed by atoms with Gasteiger partial charge in [0.25, 0.3) is 0 Å². The second kappa shape index (κ2) is 6.64. The van der Waals surface area contributed by atoms with E-state index in [1.165, 1.54) is 0 Å². The number of halogens is 2. The summed E-state index contributed by atoms with van der Waals surface area (Å²) >= 11 is 3.30. The first-order chi connectivity index (χ1) is 8.36. The predicted octanol–water partition coefficient (Wildman–Crippen LogP) is 3.19. The van der Waals surface area contributed by atoms with E-state index in [4.69, 9.17) is 4.74 Å². The molecule has 104 valence electrons. The van der Waals surface area contributed by atoms with Crippen LogP contribution in [0, 0.1) is 5.92 Å². The number of esters is 1. The third-order valence-corrected chi connectivity index (χ3v) is 4.79. The summed E-state index contributed by atoms with van der Waals surface area (Å²) in [6.07, 6.45) is 1.79. The Kier molecular flexibility index (Phi) is 5.76. The van der Waals surface area contributed by atoms with Gasteiger partial charge in [-0.3, -0.25) is 9.59 Å². The standard InChI is InChI=1S/C13H20BrFO3/c1-3-18-12(17)5-4-10(16)9-6-7-13(2,15)11(14)8-9/h9,11H,3-8H2,1-2H3. The smallest absolute Gasteiger partial charge is 0.306 e. The van der Waals surface area contributed by atoms with Gasteiger partial charge in [0.05, 0.1) is 13.0 Å². The molecule has 3 atom stereocenters. The third kappa shape index (κ3) is 4.34. The lowest BCUT2D eigenvalue weighted by atomic mass is 9.78. The van der Waals surface area contributed by atoms with E-state index >= 15 is 0 Å². The topological polar surface area (TPSA) is 43.4 Å². The Bertz CT molecular complexity index is 317. The summed E-state index contributed by atoms with van der Waals surface area (Å²) < 4.78 is 18.7. The molecule has 1 saturated carbocycles. The maximum atomic E-state index is 13.9. The Morgan fingerprint density at radius 2 is 2.11 bits per heavy atom. The van der Waals surface area contributed by atoms with E-state index in [9.17, 15) is 14.0 Å². The maximum absolute atomic E-state index is 13.9. The molecule has 3 nitrogen and oxygen atoms in total. The van der Waals surface area contributed by atoms with Crippen LogP contribution in [0.15, 0.2) is 0 Å². The average Bonchev–Trinajstić information content (AvgIpc) is 2.30. The number of carbonyl (C=O) groups excluding carboxylic acids is 2. The number of Topliss-reactive ketones (excluding diaryl/α,β-unsaturated/α-hetero) is 1. The van der Waals surface area contributed by atoms with E-state index in [2.05, 4.69) is 15.9 Å². The van der Waals surface area contributed by atoms with Gasteiger partial charge >= 0.3 is 5.97 Å². The SMILES string of the molecule is CCOC(=O)CCC(=O)C1CCC(C)(F)C(Br)C1. The highest BCUT2D eigenvalue weighted by atomic mass is 79.9. The van der Waals surface area contributed by atoms with Gasteiger partial charge in [0.2, 0.25) is 0 Å². The molecule has 1 aliphatic rings. The van der Waals surface area contributed by atoms with Crippen LogP contribution in [0.3, 0.4) is 0 Å². The lowest BCUT2D eigenvalue weighted by molar-refractivity contribution is -0.144. The summed E-state index contributed by atoms with van der Waals surface area (Å²) in [5, 5.41) is 0. The van der Waals surface area contributed by atoms with Gasteiger partial charge in [0.15, 0.2) is 0 Å². The molecular formula is C13H20BrFO3. The lowest BCUT2D eigenvalue weighted by Gasteiger charge is -2.35. The van der Waals surface area contributed by atoms with Crippen LogP contribution in [0.5, 0.6) is 0 Å². The van der Waals surface area contributed by atoms with Crippen molar-refractivity contribution in [2.45, 2.75) is 56.4 Å². The first-order valence-corrected chi connectivity index (χ1v) is 7.29. The van der Waals surface area contributed by atoms with E-state index in [-0.39, 0.29) is 35.3 Å². The Hall–Kier alpha value is -0.450. The molecule has 0 radical (unpaired) electrons. The number of ketones is 1. The molecule has 0 spiro atoms. The number of hydrogen-bond donors (Lipinski definition) is 0. The average molecular weight is 323 g/mol. The largest absolute Gasteiger partial charge is 0.466 e. The summed E-state index contributed by atoms with van der Waals surface area (Å²) in [6, 6.07) is 0. The van der Waals surface area contributed by atoms with Crippen LogP contribution in [0.25, 0.3) is 0 Å². The van der Waals surface area contributed by atoms with Crippen LogP contribution in [0.1, 0.15) is 46.0 Å². The molecule has 1 fully saturated rings. The Balaban J connectivity index is 2.38. The van der Waals surface area contributed by atoms with Gasteiger partial charge in [-0.05, 0) is 33.1 Å². The zero-order valence-electron chi connectivity index (χ0n) is 10.9. The van der Waals surface area contributed by atoms with Crippen molar-refractivity contribution in [2.75, 3.05) is 6.61 Å². The zero-order chi connectivity index (χ0) is 13.8. The Morgan fingerprint density at radius 1 is 1.44 bits per heavy atom. The molecule has 0 saturated heterocycles. The Morgan fingerprint density at radius 3 is 2.67 bits per heavy atom. The van der Waals surface area contributed by atoms with Crippen LogP contribution in [-0.4, -0.2) is 28.9 Å². The first-order valence-electron chi connectivity index (χ1n) is 6.38. The summed E-state index contributed by atoms with van der Waals surface area (Å²) in [4.78, 5) is 22.8. The highest BCUT2D eigenvalue weighted by Gasteiger charge is 2.40. The second-order valence-electron chi connectivity index (χ2n) is 4.99. The highest BCUT2D eigenvalue weighted by Crippen LogP contribution is 2.40.